The molecule has 1 aliphatic heterocycles. The molecule has 0 bridgehead atoms. The van der Waals surface area contributed by atoms with E-state index in [1.807, 2.05) is 40.9 Å². The Morgan fingerprint density at radius 3 is 2.23 bits per heavy atom. The Morgan fingerprint density at radius 2 is 1.57 bits per heavy atom. The number of nitrogens with one attached hydrogen (secondary N) is 2. The van der Waals surface area contributed by atoms with Crippen LogP contribution in [0.3, 0.4) is 0 Å². The maximum atomic E-state index is 13.1. The lowest BCUT2D eigenvalue weighted by Crippen LogP contribution is -2.51. The summed E-state index contributed by atoms with van der Waals surface area (Å²) in [6, 6.07) is 4.44. The molecule has 3 heterocycles. The van der Waals surface area contributed by atoms with Crippen molar-refractivity contribution < 1.29 is 9.59 Å². The van der Waals surface area contributed by atoms with Gasteiger partial charge in [-0.2, -0.15) is 0 Å². The van der Waals surface area contributed by atoms with E-state index in [2.05, 4.69) is 17.6 Å². The first kappa shape index (κ1) is 21.0. The van der Waals surface area contributed by atoms with Gasteiger partial charge in [0.1, 0.15) is 5.00 Å². The number of aryl methyl sites for hydroxylation is 1. The molecule has 30 heavy (non-hydrogen) atoms. The fourth-order valence-electron chi connectivity index (χ4n) is 4.53. The summed E-state index contributed by atoms with van der Waals surface area (Å²) in [6.45, 7) is 5.46. The standard InChI is InChI=1S/C23H32N4O2S/c1-16-17(2)30-22(26-12-6-7-13-26)20(16)21(28)24-19-10-14-27(15-11-19)23(29)25-18-8-4-3-5-9-18/h6-7,12-13,18-19H,3-5,8-11,14-15H2,1-2H3,(H,24,28)(H,25,29). The summed E-state index contributed by atoms with van der Waals surface area (Å²) in [7, 11) is 0. The highest BCUT2D eigenvalue weighted by atomic mass is 32.1. The Kier molecular flexibility index (Phi) is 6.46. The molecule has 0 aromatic carbocycles. The molecule has 2 aromatic heterocycles. The largest absolute Gasteiger partial charge is 0.349 e. The SMILES string of the molecule is Cc1sc(-n2cccc2)c(C(=O)NC2CCN(C(=O)NC3CCCCC3)CC2)c1C. The lowest BCUT2D eigenvalue weighted by atomic mass is 9.95. The number of carbonyl (C=O) groups excluding carboxylic acids is 2. The number of thiophene rings is 1. The van der Waals surface area contributed by atoms with Crippen molar-refractivity contribution in [2.45, 2.75) is 70.9 Å². The second-order valence-electron chi connectivity index (χ2n) is 8.57. The molecule has 0 unspecified atom stereocenters. The van der Waals surface area contributed by atoms with Crippen LogP contribution in [-0.2, 0) is 0 Å². The molecule has 6 nitrogen and oxygen atoms in total. The first-order chi connectivity index (χ1) is 14.5. The number of likely N-dealkylation sites (tertiary alicyclic amines) is 1. The Bertz CT molecular complexity index is 875. The molecule has 1 saturated heterocycles. The third-order valence-corrected chi connectivity index (χ3v) is 7.70. The Hall–Kier alpha value is -2.28. The van der Waals surface area contributed by atoms with Crippen LogP contribution in [0.25, 0.3) is 5.00 Å². The molecule has 0 radical (unpaired) electrons. The average molecular weight is 429 g/mol. The van der Waals surface area contributed by atoms with Crippen molar-refractivity contribution in [3.8, 4) is 5.00 Å². The number of rotatable bonds is 4. The normalized spacial score (nSPS) is 18.4. The number of amides is 3. The number of nitrogens with zero attached hydrogens (tertiary/aromatic N) is 2. The number of piperidine rings is 1. The molecule has 4 rings (SSSR count). The maximum Gasteiger partial charge on any atom is 0.317 e. The summed E-state index contributed by atoms with van der Waals surface area (Å²) < 4.78 is 2.01. The fourth-order valence-corrected chi connectivity index (χ4v) is 5.65. The van der Waals surface area contributed by atoms with Crippen LogP contribution in [0, 0.1) is 13.8 Å². The third-order valence-electron chi connectivity index (χ3n) is 6.48. The van der Waals surface area contributed by atoms with Crippen molar-refractivity contribution >= 4 is 23.3 Å². The van der Waals surface area contributed by atoms with Crippen LogP contribution in [0.15, 0.2) is 24.5 Å². The van der Waals surface area contributed by atoms with Crippen molar-refractivity contribution in [2.24, 2.45) is 0 Å². The number of urea groups is 1. The Morgan fingerprint density at radius 1 is 0.933 bits per heavy atom. The topological polar surface area (TPSA) is 66.4 Å². The van der Waals surface area contributed by atoms with Gasteiger partial charge in [-0.1, -0.05) is 19.3 Å². The van der Waals surface area contributed by atoms with E-state index in [-0.39, 0.29) is 18.0 Å². The van der Waals surface area contributed by atoms with Crippen molar-refractivity contribution in [2.75, 3.05) is 13.1 Å². The summed E-state index contributed by atoms with van der Waals surface area (Å²) in [5.74, 6) is -0.00865. The lowest BCUT2D eigenvalue weighted by molar-refractivity contribution is 0.0917. The van der Waals surface area contributed by atoms with Gasteiger partial charge in [0.15, 0.2) is 0 Å². The minimum atomic E-state index is -0.00865. The molecule has 1 aliphatic carbocycles. The van der Waals surface area contributed by atoms with Crippen molar-refractivity contribution in [1.82, 2.24) is 20.1 Å². The minimum Gasteiger partial charge on any atom is -0.349 e. The highest BCUT2D eigenvalue weighted by Gasteiger charge is 2.28. The van der Waals surface area contributed by atoms with Gasteiger partial charge in [0.05, 0.1) is 5.56 Å². The van der Waals surface area contributed by atoms with Crippen LogP contribution in [-0.4, -0.2) is 46.6 Å². The van der Waals surface area contributed by atoms with E-state index in [1.54, 1.807) is 11.3 Å². The molecule has 2 aromatic rings. The van der Waals surface area contributed by atoms with Gasteiger partial charge in [0.2, 0.25) is 0 Å². The molecule has 1 saturated carbocycles. The van der Waals surface area contributed by atoms with E-state index in [1.165, 1.54) is 19.3 Å². The van der Waals surface area contributed by atoms with Gasteiger partial charge >= 0.3 is 6.03 Å². The summed E-state index contributed by atoms with van der Waals surface area (Å²) >= 11 is 1.65. The van der Waals surface area contributed by atoms with Gasteiger partial charge in [-0.05, 0) is 57.2 Å². The van der Waals surface area contributed by atoms with E-state index < -0.39 is 0 Å². The summed E-state index contributed by atoms with van der Waals surface area (Å²) in [4.78, 5) is 28.8. The van der Waals surface area contributed by atoms with E-state index in [9.17, 15) is 9.59 Å². The van der Waals surface area contributed by atoms with Gasteiger partial charge in [-0.15, -0.1) is 11.3 Å². The van der Waals surface area contributed by atoms with E-state index in [0.29, 0.717) is 19.1 Å². The van der Waals surface area contributed by atoms with E-state index in [0.717, 1.165) is 46.7 Å². The number of hydrogen-bond donors (Lipinski definition) is 2. The predicted octanol–water partition coefficient (Wildman–Crippen LogP) is 4.39. The highest BCUT2D eigenvalue weighted by Crippen LogP contribution is 2.31. The molecule has 2 N–H and O–H groups in total. The van der Waals surface area contributed by atoms with Gasteiger partial charge in [0.25, 0.3) is 5.91 Å². The van der Waals surface area contributed by atoms with Crippen LogP contribution >= 0.6 is 11.3 Å². The first-order valence-corrected chi connectivity index (χ1v) is 11.9. The van der Waals surface area contributed by atoms with Crippen LogP contribution in [0.5, 0.6) is 0 Å². The second kappa shape index (κ2) is 9.25. The molecule has 162 valence electrons. The molecule has 0 spiro atoms. The van der Waals surface area contributed by atoms with Crippen molar-refractivity contribution in [1.29, 1.82) is 0 Å². The number of hydrogen-bond acceptors (Lipinski definition) is 3. The van der Waals surface area contributed by atoms with Gasteiger partial charge < -0.3 is 20.1 Å². The highest BCUT2D eigenvalue weighted by molar-refractivity contribution is 7.15. The van der Waals surface area contributed by atoms with Crippen LogP contribution in [0.2, 0.25) is 0 Å². The van der Waals surface area contributed by atoms with Gasteiger partial charge in [-0.3, -0.25) is 4.79 Å². The van der Waals surface area contributed by atoms with Crippen LogP contribution in [0.1, 0.15) is 65.7 Å². The van der Waals surface area contributed by atoms with Crippen LogP contribution < -0.4 is 10.6 Å². The zero-order chi connectivity index (χ0) is 21.1. The number of aromatic nitrogens is 1. The second-order valence-corrected chi connectivity index (χ2v) is 9.78. The quantitative estimate of drug-likeness (QED) is 0.758. The first-order valence-electron chi connectivity index (χ1n) is 11.1. The Labute approximate surface area is 182 Å². The summed E-state index contributed by atoms with van der Waals surface area (Å²) in [5, 5.41) is 7.40. The monoisotopic (exact) mass is 428 g/mol. The van der Waals surface area contributed by atoms with Gasteiger partial charge in [0, 0.05) is 42.4 Å². The summed E-state index contributed by atoms with van der Waals surface area (Å²) in [6.07, 6.45) is 11.5. The van der Waals surface area contributed by atoms with Crippen molar-refractivity contribution in [3.05, 3.63) is 40.5 Å². The smallest absolute Gasteiger partial charge is 0.317 e. The van der Waals surface area contributed by atoms with Crippen molar-refractivity contribution in [3.63, 3.8) is 0 Å². The number of carbonyl (C=O) groups is 2. The Balaban J connectivity index is 1.33. The predicted molar refractivity (Wildman–Crippen MR) is 121 cm³/mol. The minimum absolute atomic E-state index is 0.00865. The lowest BCUT2D eigenvalue weighted by Gasteiger charge is -2.34. The molecular weight excluding hydrogens is 396 g/mol. The third kappa shape index (κ3) is 4.56. The molecule has 2 aliphatic rings. The molecule has 2 fully saturated rings. The fraction of sp³-hybridized carbons (Fsp3) is 0.565. The molecule has 7 heteroatoms. The summed E-state index contributed by atoms with van der Waals surface area (Å²) in [5.41, 5.74) is 1.82. The molecular formula is C23H32N4O2S. The van der Waals surface area contributed by atoms with E-state index >= 15 is 0 Å². The van der Waals surface area contributed by atoms with E-state index in [4.69, 9.17) is 0 Å². The zero-order valence-corrected chi connectivity index (χ0v) is 18.8. The average Bonchev–Trinajstić information content (AvgIpc) is 3.38. The van der Waals surface area contributed by atoms with Gasteiger partial charge in [-0.25, -0.2) is 4.79 Å². The zero-order valence-electron chi connectivity index (χ0n) is 17.9. The molecule has 0 atom stereocenters. The van der Waals surface area contributed by atoms with Crippen LogP contribution in [0.4, 0.5) is 4.79 Å². The maximum absolute atomic E-state index is 13.1. The molecule has 3 amide bonds.